The molecule has 1 aromatic rings. The summed E-state index contributed by atoms with van der Waals surface area (Å²) in [4.78, 5) is 15.8. The highest BCUT2D eigenvalue weighted by molar-refractivity contribution is 5.88. The molecule has 0 radical (unpaired) electrons. The van der Waals surface area contributed by atoms with Crippen LogP contribution in [-0.4, -0.2) is 48.2 Å². The molecule has 0 saturated carbocycles. The molecule has 0 N–H and O–H groups in total. The van der Waals surface area contributed by atoms with Crippen LogP contribution >= 0.6 is 0 Å². The van der Waals surface area contributed by atoms with E-state index >= 15 is 0 Å². The number of alkyl halides is 2. The van der Waals surface area contributed by atoms with Gasteiger partial charge in [-0.3, -0.25) is 4.90 Å². The molecular weight excluding hydrogens is 318 g/mol. The molecular formula is C17H20F2N2O3. The van der Waals surface area contributed by atoms with E-state index in [1.807, 2.05) is 19.9 Å². The SMILES string of the molecule is CN1CCCN(C2=CC(C)(C)Oc3ccc(OC(F)F)cc32)C1=O. The number of halogens is 2. The second-order valence-corrected chi connectivity index (χ2v) is 6.48. The van der Waals surface area contributed by atoms with Crippen LogP contribution in [0, 0.1) is 0 Å². The minimum atomic E-state index is -2.90. The van der Waals surface area contributed by atoms with Crippen LogP contribution in [0.4, 0.5) is 13.6 Å². The Balaban J connectivity index is 2.04. The maximum Gasteiger partial charge on any atom is 0.387 e. The molecule has 0 bridgehead atoms. The molecule has 130 valence electrons. The zero-order valence-corrected chi connectivity index (χ0v) is 13.9. The van der Waals surface area contributed by atoms with Gasteiger partial charge in [-0.05, 0) is 44.5 Å². The highest BCUT2D eigenvalue weighted by Crippen LogP contribution is 2.40. The van der Waals surface area contributed by atoms with Gasteiger partial charge in [0, 0.05) is 25.7 Å². The quantitative estimate of drug-likeness (QED) is 0.846. The first kappa shape index (κ1) is 16.5. The Kier molecular flexibility index (Phi) is 4.11. The molecule has 2 heterocycles. The Labute approximate surface area is 139 Å². The highest BCUT2D eigenvalue weighted by atomic mass is 19.3. The lowest BCUT2D eigenvalue weighted by Gasteiger charge is -2.39. The summed E-state index contributed by atoms with van der Waals surface area (Å²) in [5.74, 6) is 0.580. The van der Waals surface area contributed by atoms with Gasteiger partial charge in [0.15, 0.2) is 0 Å². The van der Waals surface area contributed by atoms with E-state index in [9.17, 15) is 13.6 Å². The fourth-order valence-electron chi connectivity index (χ4n) is 3.00. The second-order valence-electron chi connectivity index (χ2n) is 6.48. The third-order valence-corrected chi connectivity index (χ3v) is 4.03. The summed E-state index contributed by atoms with van der Waals surface area (Å²) in [6.45, 7) is 2.14. The molecule has 0 aliphatic carbocycles. The van der Waals surface area contributed by atoms with E-state index in [1.54, 1.807) is 22.9 Å². The molecule has 1 fully saturated rings. The zero-order chi connectivity index (χ0) is 17.5. The van der Waals surface area contributed by atoms with E-state index in [1.165, 1.54) is 12.1 Å². The third kappa shape index (κ3) is 3.16. The summed E-state index contributed by atoms with van der Waals surface area (Å²) in [6, 6.07) is 4.41. The van der Waals surface area contributed by atoms with Gasteiger partial charge in [0.1, 0.15) is 17.1 Å². The van der Waals surface area contributed by atoms with Gasteiger partial charge in [-0.15, -0.1) is 0 Å². The maximum atomic E-state index is 12.5. The number of nitrogens with zero attached hydrogens (tertiary/aromatic N) is 2. The highest BCUT2D eigenvalue weighted by Gasteiger charge is 2.34. The molecule has 0 unspecified atom stereocenters. The smallest absolute Gasteiger partial charge is 0.387 e. The molecule has 2 aliphatic heterocycles. The summed E-state index contributed by atoms with van der Waals surface area (Å²) < 4.78 is 35.4. The average Bonchev–Trinajstić information content (AvgIpc) is 2.48. The van der Waals surface area contributed by atoms with Crippen molar-refractivity contribution in [3.8, 4) is 11.5 Å². The van der Waals surface area contributed by atoms with Crippen molar-refractivity contribution in [1.29, 1.82) is 0 Å². The summed E-state index contributed by atoms with van der Waals surface area (Å²) in [5.41, 5.74) is 0.637. The summed E-state index contributed by atoms with van der Waals surface area (Å²) >= 11 is 0. The molecule has 0 aromatic heterocycles. The van der Waals surface area contributed by atoms with E-state index in [0.717, 1.165) is 6.42 Å². The molecule has 1 saturated heterocycles. The van der Waals surface area contributed by atoms with Crippen LogP contribution in [0.5, 0.6) is 11.5 Å². The van der Waals surface area contributed by atoms with Crippen LogP contribution in [0.1, 0.15) is 25.8 Å². The number of benzene rings is 1. The molecule has 1 aromatic carbocycles. The van der Waals surface area contributed by atoms with Crippen molar-refractivity contribution in [2.24, 2.45) is 0 Å². The predicted molar refractivity (Wildman–Crippen MR) is 85.1 cm³/mol. The van der Waals surface area contributed by atoms with Gasteiger partial charge in [-0.2, -0.15) is 8.78 Å². The number of carbonyl (C=O) groups excluding carboxylic acids is 1. The van der Waals surface area contributed by atoms with Gasteiger partial charge in [0.2, 0.25) is 0 Å². The second kappa shape index (κ2) is 5.96. The summed E-state index contributed by atoms with van der Waals surface area (Å²) in [5, 5.41) is 0. The summed E-state index contributed by atoms with van der Waals surface area (Å²) in [7, 11) is 1.75. The van der Waals surface area contributed by atoms with Crippen LogP contribution in [0.2, 0.25) is 0 Å². The fourth-order valence-corrected chi connectivity index (χ4v) is 3.00. The van der Waals surface area contributed by atoms with Crippen LogP contribution in [0.15, 0.2) is 24.3 Å². The lowest BCUT2D eigenvalue weighted by atomic mass is 9.97. The van der Waals surface area contributed by atoms with Gasteiger partial charge in [-0.1, -0.05) is 0 Å². The van der Waals surface area contributed by atoms with Crippen molar-refractivity contribution >= 4 is 11.7 Å². The van der Waals surface area contributed by atoms with Crippen LogP contribution in [-0.2, 0) is 0 Å². The topological polar surface area (TPSA) is 42.0 Å². The number of hydrogen-bond acceptors (Lipinski definition) is 3. The maximum absolute atomic E-state index is 12.5. The van der Waals surface area contributed by atoms with Crippen molar-refractivity contribution in [3.63, 3.8) is 0 Å². The fraction of sp³-hybridized carbons (Fsp3) is 0.471. The van der Waals surface area contributed by atoms with Crippen LogP contribution in [0.3, 0.4) is 0 Å². The molecule has 2 amide bonds. The normalized spacial score (nSPS) is 19.8. The minimum Gasteiger partial charge on any atom is -0.483 e. The average molecular weight is 338 g/mol. The van der Waals surface area contributed by atoms with Crippen LogP contribution < -0.4 is 9.47 Å². The van der Waals surface area contributed by atoms with Gasteiger partial charge in [-0.25, -0.2) is 4.79 Å². The lowest BCUT2D eigenvalue weighted by Crippen LogP contribution is -2.47. The monoisotopic (exact) mass is 338 g/mol. The Morgan fingerprint density at radius 2 is 2.04 bits per heavy atom. The first-order chi connectivity index (χ1) is 11.3. The molecule has 7 heteroatoms. The number of ether oxygens (including phenoxy) is 2. The first-order valence-corrected chi connectivity index (χ1v) is 7.80. The van der Waals surface area contributed by atoms with Gasteiger partial charge >= 0.3 is 12.6 Å². The van der Waals surface area contributed by atoms with Gasteiger partial charge < -0.3 is 14.4 Å². The lowest BCUT2D eigenvalue weighted by molar-refractivity contribution is -0.0499. The van der Waals surface area contributed by atoms with E-state index < -0.39 is 12.2 Å². The van der Waals surface area contributed by atoms with E-state index in [-0.39, 0.29) is 11.8 Å². The Morgan fingerprint density at radius 3 is 2.75 bits per heavy atom. The van der Waals surface area contributed by atoms with E-state index in [2.05, 4.69) is 4.74 Å². The number of carbonyl (C=O) groups is 1. The minimum absolute atomic E-state index is 0.0377. The molecule has 2 aliphatic rings. The Morgan fingerprint density at radius 1 is 1.29 bits per heavy atom. The van der Waals surface area contributed by atoms with Crippen molar-refractivity contribution < 1.29 is 23.0 Å². The molecule has 24 heavy (non-hydrogen) atoms. The van der Waals surface area contributed by atoms with Crippen LogP contribution in [0.25, 0.3) is 5.70 Å². The predicted octanol–water partition coefficient (Wildman–Crippen LogP) is 3.56. The van der Waals surface area contributed by atoms with Crippen molar-refractivity contribution in [3.05, 3.63) is 29.8 Å². The molecule has 0 spiro atoms. The van der Waals surface area contributed by atoms with Gasteiger partial charge in [0.05, 0.1) is 5.70 Å². The number of fused-ring (bicyclic) bond motifs is 1. The van der Waals surface area contributed by atoms with Crippen molar-refractivity contribution in [2.45, 2.75) is 32.5 Å². The van der Waals surface area contributed by atoms with Gasteiger partial charge in [0.25, 0.3) is 0 Å². The number of hydrogen-bond donors (Lipinski definition) is 0. The van der Waals surface area contributed by atoms with Crippen molar-refractivity contribution in [1.82, 2.24) is 9.80 Å². The van der Waals surface area contributed by atoms with Crippen molar-refractivity contribution in [2.75, 3.05) is 20.1 Å². The molecule has 5 nitrogen and oxygen atoms in total. The summed E-state index contributed by atoms with van der Waals surface area (Å²) in [6.07, 6.45) is 2.68. The number of urea groups is 1. The van der Waals surface area contributed by atoms with E-state index in [4.69, 9.17) is 4.74 Å². The largest absolute Gasteiger partial charge is 0.483 e. The zero-order valence-electron chi connectivity index (χ0n) is 13.9. The number of amides is 2. The third-order valence-electron chi connectivity index (χ3n) is 4.03. The molecule has 0 atom stereocenters. The molecule has 3 rings (SSSR count). The first-order valence-electron chi connectivity index (χ1n) is 7.80. The Bertz CT molecular complexity index is 688. The standard InChI is InChI=1S/C17H20F2N2O3/c1-17(2)10-13(21-8-4-7-20(3)16(21)22)12-9-11(23-15(18)19)5-6-14(12)24-17/h5-6,9-10,15H,4,7-8H2,1-3H3. The Hall–Kier alpha value is -2.31. The van der Waals surface area contributed by atoms with E-state index in [0.29, 0.717) is 30.1 Å². The number of rotatable bonds is 3.